The Hall–Kier alpha value is -1.16. The minimum Gasteiger partial charge on any atom is -0.336 e. The molecule has 3 aliphatic rings. The average molecular weight is 337 g/mol. The van der Waals surface area contributed by atoms with E-state index in [-0.39, 0.29) is 22.7 Å². The molecule has 2 saturated carbocycles. The molecule has 23 heavy (non-hydrogen) atoms. The molecule has 2 bridgehead atoms. The van der Waals surface area contributed by atoms with Crippen molar-refractivity contribution in [1.29, 1.82) is 0 Å². The third-order valence-corrected chi connectivity index (χ3v) is 6.44. The predicted molar refractivity (Wildman–Crippen MR) is 86.8 cm³/mol. The lowest BCUT2D eigenvalue weighted by molar-refractivity contribution is 0.0703. The smallest absolute Gasteiger partial charge is 0.257 e. The molecule has 0 N–H and O–H groups in total. The summed E-state index contributed by atoms with van der Waals surface area (Å²) in [5.74, 6) is 1.64. The van der Waals surface area contributed by atoms with Crippen molar-refractivity contribution in [3.63, 3.8) is 0 Å². The molecule has 2 aliphatic carbocycles. The zero-order chi connectivity index (χ0) is 16.0. The lowest BCUT2D eigenvalue weighted by Crippen LogP contribution is -2.37. The standard InChI is InChI=1S/C18H22ClFN2O/c19-17-16(20)15(5-6-21-17)18(23)22-7-1-2-14(22)10-13-9-11-3-4-12(13)8-11/h5-6,11-14H,1-4,7-10H2. The average Bonchev–Trinajstić information content (AvgIpc) is 3.26. The highest BCUT2D eigenvalue weighted by Gasteiger charge is 2.42. The number of amides is 1. The largest absolute Gasteiger partial charge is 0.336 e. The van der Waals surface area contributed by atoms with Gasteiger partial charge in [0.25, 0.3) is 5.91 Å². The van der Waals surface area contributed by atoms with E-state index in [1.54, 1.807) is 0 Å². The maximum atomic E-state index is 14.1. The Balaban J connectivity index is 1.49. The molecule has 2 heterocycles. The van der Waals surface area contributed by atoms with Crippen LogP contribution in [0.3, 0.4) is 0 Å². The minimum absolute atomic E-state index is 0.0600. The molecule has 5 heteroatoms. The first-order chi connectivity index (χ1) is 11.1. The highest BCUT2D eigenvalue weighted by Crippen LogP contribution is 2.50. The molecule has 1 amide bonds. The van der Waals surface area contributed by atoms with Crippen LogP contribution in [0, 0.1) is 23.6 Å². The molecule has 1 aliphatic heterocycles. The summed E-state index contributed by atoms with van der Waals surface area (Å²) in [6, 6.07) is 1.70. The van der Waals surface area contributed by atoms with Crippen LogP contribution in [0.1, 0.15) is 55.3 Å². The molecular formula is C18H22ClFN2O. The first-order valence-corrected chi connectivity index (χ1v) is 9.12. The molecular weight excluding hydrogens is 315 g/mol. The summed E-state index contributed by atoms with van der Waals surface area (Å²) in [7, 11) is 0. The van der Waals surface area contributed by atoms with Crippen molar-refractivity contribution in [2.24, 2.45) is 17.8 Å². The summed E-state index contributed by atoms with van der Waals surface area (Å²) in [5.41, 5.74) is 0.0600. The molecule has 1 aromatic heterocycles. The molecule has 0 aromatic carbocycles. The number of carbonyl (C=O) groups is 1. The van der Waals surface area contributed by atoms with Gasteiger partial charge in [0.05, 0.1) is 5.56 Å². The maximum Gasteiger partial charge on any atom is 0.257 e. The van der Waals surface area contributed by atoms with E-state index in [1.807, 2.05) is 4.90 Å². The first-order valence-electron chi connectivity index (χ1n) is 8.74. The van der Waals surface area contributed by atoms with Crippen molar-refractivity contribution in [1.82, 2.24) is 9.88 Å². The van der Waals surface area contributed by atoms with Crippen molar-refractivity contribution < 1.29 is 9.18 Å². The first kappa shape index (κ1) is 15.4. The van der Waals surface area contributed by atoms with Gasteiger partial charge in [0, 0.05) is 18.8 Å². The quantitative estimate of drug-likeness (QED) is 0.771. The second kappa shape index (κ2) is 6.04. The number of fused-ring (bicyclic) bond motifs is 2. The van der Waals surface area contributed by atoms with Crippen molar-refractivity contribution in [2.45, 2.75) is 51.0 Å². The number of rotatable bonds is 3. The second-order valence-electron chi connectivity index (χ2n) is 7.43. The summed E-state index contributed by atoms with van der Waals surface area (Å²) < 4.78 is 14.1. The van der Waals surface area contributed by atoms with E-state index >= 15 is 0 Å². The van der Waals surface area contributed by atoms with Gasteiger partial charge in [-0.2, -0.15) is 0 Å². The number of hydrogen-bond donors (Lipinski definition) is 0. The highest BCUT2D eigenvalue weighted by molar-refractivity contribution is 6.29. The Bertz CT molecular complexity index is 623. The number of likely N-dealkylation sites (tertiary alicyclic amines) is 1. The fourth-order valence-electron chi connectivity index (χ4n) is 5.10. The van der Waals surface area contributed by atoms with Crippen LogP contribution >= 0.6 is 11.6 Å². The topological polar surface area (TPSA) is 33.2 Å². The van der Waals surface area contributed by atoms with Crippen LogP contribution in [-0.2, 0) is 0 Å². The van der Waals surface area contributed by atoms with Crippen LogP contribution in [0.25, 0.3) is 0 Å². The molecule has 3 fully saturated rings. The Labute approximate surface area is 141 Å². The van der Waals surface area contributed by atoms with Crippen LogP contribution in [0.2, 0.25) is 5.15 Å². The molecule has 4 atom stereocenters. The number of carbonyl (C=O) groups excluding carboxylic acids is 1. The van der Waals surface area contributed by atoms with E-state index in [0.29, 0.717) is 0 Å². The molecule has 4 unspecified atom stereocenters. The fourth-order valence-corrected chi connectivity index (χ4v) is 5.26. The lowest BCUT2D eigenvalue weighted by Gasteiger charge is -2.30. The molecule has 0 spiro atoms. The molecule has 3 nitrogen and oxygen atoms in total. The SMILES string of the molecule is O=C(c1ccnc(Cl)c1F)N1CCCC1CC1CC2CCC1C2. The Kier molecular flexibility index (Phi) is 4.04. The number of aromatic nitrogens is 1. The van der Waals surface area contributed by atoms with E-state index in [1.165, 1.54) is 37.9 Å². The molecule has 4 rings (SSSR count). The van der Waals surface area contributed by atoms with Gasteiger partial charge in [-0.15, -0.1) is 0 Å². The van der Waals surface area contributed by atoms with Crippen molar-refractivity contribution in [3.05, 3.63) is 28.8 Å². The van der Waals surface area contributed by atoms with Gasteiger partial charge < -0.3 is 4.90 Å². The molecule has 124 valence electrons. The maximum absolute atomic E-state index is 14.1. The normalized spacial score (nSPS) is 32.7. The predicted octanol–water partition coefficient (Wildman–Crippen LogP) is 4.31. The molecule has 0 radical (unpaired) electrons. The zero-order valence-electron chi connectivity index (χ0n) is 13.2. The van der Waals surface area contributed by atoms with Gasteiger partial charge in [0.2, 0.25) is 0 Å². The van der Waals surface area contributed by atoms with Crippen LogP contribution in [-0.4, -0.2) is 28.4 Å². The van der Waals surface area contributed by atoms with Gasteiger partial charge in [-0.1, -0.05) is 18.0 Å². The monoisotopic (exact) mass is 336 g/mol. The Morgan fingerprint density at radius 2 is 2.22 bits per heavy atom. The van der Waals surface area contributed by atoms with Crippen LogP contribution in [0.4, 0.5) is 4.39 Å². The summed E-state index contributed by atoms with van der Waals surface area (Å²) >= 11 is 5.72. The van der Waals surface area contributed by atoms with E-state index in [9.17, 15) is 9.18 Å². The number of nitrogens with zero attached hydrogens (tertiary/aromatic N) is 2. The van der Waals surface area contributed by atoms with Gasteiger partial charge >= 0.3 is 0 Å². The van der Waals surface area contributed by atoms with Gasteiger partial charge in [-0.05, 0) is 62.3 Å². The van der Waals surface area contributed by atoms with Gasteiger partial charge in [0.15, 0.2) is 11.0 Å². The van der Waals surface area contributed by atoms with Gasteiger partial charge in [0.1, 0.15) is 0 Å². The van der Waals surface area contributed by atoms with Crippen molar-refractivity contribution in [3.8, 4) is 0 Å². The second-order valence-corrected chi connectivity index (χ2v) is 7.79. The van der Waals surface area contributed by atoms with Gasteiger partial charge in [-0.25, -0.2) is 9.37 Å². The minimum atomic E-state index is -0.690. The number of pyridine rings is 1. The number of halogens is 2. The third kappa shape index (κ3) is 2.75. The molecule has 1 saturated heterocycles. The van der Waals surface area contributed by atoms with E-state index < -0.39 is 5.82 Å². The number of hydrogen-bond acceptors (Lipinski definition) is 2. The summed E-state index contributed by atoms with van der Waals surface area (Å²) in [5, 5.41) is -0.223. The van der Waals surface area contributed by atoms with E-state index in [0.717, 1.165) is 43.6 Å². The fraction of sp³-hybridized carbons (Fsp3) is 0.667. The Morgan fingerprint density at radius 1 is 1.35 bits per heavy atom. The Morgan fingerprint density at radius 3 is 2.96 bits per heavy atom. The van der Waals surface area contributed by atoms with Crippen LogP contribution in [0.15, 0.2) is 12.3 Å². The van der Waals surface area contributed by atoms with Crippen LogP contribution < -0.4 is 0 Å². The van der Waals surface area contributed by atoms with Crippen molar-refractivity contribution in [2.75, 3.05) is 6.54 Å². The highest BCUT2D eigenvalue weighted by atomic mass is 35.5. The van der Waals surface area contributed by atoms with E-state index in [4.69, 9.17) is 11.6 Å². The van der Waals surface area contributed by atoms with E-state index in [2.05, 4.69) is 4.98 Å². The summed E-state index contributed by atoms with van der Waals surface area (Å²) in [4.78, 5) is 18.3. The molecule has 1 aromatic rings. The third-order valence-electron chi connectivity index (χ3n) is 6.17. The summed E-state index contributed by atoms with van der Waals surface area (Å²) in [6.07, 6.45) is 10.0. The van der Waals surface area contributed by atoms with Crippen LogP contribution in [0.5, 0.6) is 0 Å². The van der Waals surface area contributed by atoms with Crippen molar-refractivity contribution >= 4 is 17.5 Å². The zero-order valence-corrected chi connectivity index (χ0v) is 13.9. The van der Waals surface area contributed by atoms with Gasteiger partial charge in [-0.3, -0.25) is 4.79 Å². The summed E-state index contributed by atoms with van der Waals surface area (Å²) in [6.45, 7) is 0.726. The lowest BCUT2D eigenvalue weighted by atomic mass is 9.83.